The summed E-state index contributed by atoms with van der Waals surface area (Å²) in [6.45, 7) is 7.09. The van der Waals surface area contributed by atoms with Gasteiger partial charge in [0.1, 0.15) is 30.5 Å². The van der Waals surface area contributed by atoms with E-state index in [2.05, 4.69) is 74.6 Å². The number of hydrogen-bond acceptors (Lipinski definition) is 9. The first-order valence-electron chi connectivity index (χ1n) is 20.4. The van der Waals surface area contributed by atoms with Crippen LogP contribution in [0.15, 0.2) is 60.8 Å². The lowest BCUT2D eigenvalue weighted by molar-refractivity contribution is -0.165. The maximum absolute atomic E-state index is 12.9. The Morgan fingerprint density at radius 2 is 1.36 bits per heavy atom. The van der Waals surface area contributed by atoms with Gasteiger partial charge in [0.15, 0.2) is 0 Å². The van der Waals surface area contributed by atoms with Gasteiger partial charge in [0, 0.05) is 62.7 Å². The third-order valence-corrected chi connectivity index (χ3v) is 11.4. The number of carbonyl (C=O) groups is 4. The minimum absolute atomic E-state index is 0.0155. The van der Waals surface area contributed by atoms with Crippen LogP contribution >= 0.6 is 0 Å². The summed E-state index contributed by atoms with van der Waals surface area (Å²) in [7, 11) is 0. The van der Waals surface area contributed by atoms with Crippen molar-refractivity contribution >= 4 is 23.9 Å². The molecule has 3 heterocycles. The molecular weight excluding hydrogens is 672 g/mol. The Labute approximate surface area is 316 Å². The monoisotopic (exact) mass is 734 g/mol. The summed E-state index contributed by atoms with van der Waals surface area (Å²) in [5.41, 5.74) is 0. The Balaban J connectivity index is 1.47. The molecule has 0 bridgehead atoms. The van der Waals surface area contributed by atoms with Crippen LogP contribution in [-0.4, -0.2) is 60.5 Å². The normalized spacial score (nSPS) is 34.2. The molecule has 5 rings (SSSR count). The van der Waals surface area contributed by atoms with Crippen molar-refractivity contribution in [2.75, 3.05) is 0 Å². The second-order valence-corrected chi connectivity index (χ2v) is 15.5. The molecule has 0 aromatic carbocycles. The fourth-order valence-corrected chi connectivity index (χ4v) is 8.77. The zero-order valence-corrected chi connectivity index (χ0v) is 32.3. The van der Waals surface area contributed by atoms with Gasteiger partial charge < -0.3 is 23.7 Å². The Kier molecular flexibility index (Phi) is 15.6. The number of ether oxygens (including phenoxy) is 5. The highest BCUT2D eigenvalue weighted by atomic mass is 16.6. The minimum Gasteiger partial charge on any atom is -0.462 e. The van der Waals surface area contributed by atoms with E-state index in [-0.39, 0.29) is 71.8 Å². The molecule has 53 heavy (non-hydrogen) atoms. The van der Waals surface area contributed by atoms with E-state index in [1.807, 2.05) is 0 Å². The van der Waals surface area contributed by atoms with Crippen molar-refractivity contribution in [2.45, 2.75) is 154 Å². The van der Waals surface area contributed by atoms with Crippen molar-refractivity contribution in [3.63, 3.8) is 0 Å². The van der Waals surface area contributed by atoms with Crippen molar-refractivity contribution in [3.05, 3.63) is 60.8 Å². The second kappa shape index (κ2) is 20.3. The van der Waals surface area contributed by atoms with E-state index in [4.69, 9.17) is 23.7 Å². The van der Waals surface area contributed by atoms with Gasteiger partial charge in [-0.25, -0.2) is 0 Å². The first-order valence-corrected chi connectivity index (χ1v) is 20.4. The van der Waals surface area contributed by atoms with Crippen LogP contribution < -0.4 is 0 Å². The number of allylic oxidation sites excluding steroid dienone is 7. The average molecular weight is 735 g/mol. The smallest absolute Gasteiger partial charge is 0.306 e. The van der Waals surface area contributed by atoms with Crippen LogP contribution in [0.3, 0.4) is 0 Å². The SMILES string of the molecule is CC/C=C\C/C=C\CC1OC(C(C/C=C\C/C=C\CC)OC(C)=O)C(C(OC(C)=O)[C@@H]2C[C@H]2C2CCCC(=O)O2)C1/C=C/[C@@H]1C[C@H]1C1CCCC(=O)O1. The zero-order valence-electron chi connectivity index (χ0n) is 32.3. The Bertz CT molecular complexity index is 1390. The lowest BCUT2D eigenvalue weighted by atomic mass is 9.77. The summed E-state index contributed by atoms with van der Waals surface area (Å²) in [5, 5.41) is 0. The lowest BCUT2D eigenvalue weighted by Crippen LogP contribution is -2.44. The molecule has 3 aliphatic heterocycles. The van der Waals surface area contributed by atoms with Gasteiger partial charge in [0.05, 0.1) is 6.10 Å². The van der Waals surface area contributed by atoms with E-state index in [1.165, 1.54) is 13.8 Å². The van der Waals surface area contributed by atoms with Gasteiger partial charge in [-0.3, -0.25) is 19.2 Å². The molecular formula is C44H62O9. The van der Waals surface area contributed by atoms with Gasteiger partial charge in [-0.2, -0.15) is 0 Å². The highest BCUT2D eigenvalue weighted by Gasteiger charge is 2.59. The number of esters is 4. The molecule has 5 fully saturated rings. The van der Waals surface area contributed by atoms with Gasteiger partial charge in [-0.1, -0.05) is 74.6 Å². The van der Waals surface area contributed by atoms with Crippen LogP contribution in [-0.2, 0) is 42.9 Å². The Morgan fingerprint density at radius 3 is 1.96 bits per heavy atom. The van der Waals surface area contributed by atoms with Crippen molar-refractivity contribution in [3.8, 4) is 0 Å². The van der Waals surface area contributed by atoms with E-state index in [0.717, 1.165) is 64.2 Å². The van der Waals surface area contributed by atoms with Gasteiger partial charge in [0.2, 0.25) is 0 Å². The van der Waals surface area contributed by atoms with Gasteiger partial charge in [-0.15, -0.1) is 0 Å². The predicted molar refractivity (Wildman–Crippen MR) is 202 cm³/mol. The summed E-state index contributed by atoms with van der Waals surface area (Å²) in [6.07, 6.45) is 30.0. The maximum Gasteiger partial charge on any atom is 0.306 e. The van der Waals surface area contributed by atoms with Crippen molar-refractivity contribution in [1.82, 2.24) is 0 Å². The van der Waals surface area contributed by atoms with Crippen LogP contribution in [0.25, 0.3) is 0 Å². The molecule has 0 radical (unpaired) electrons. The van der Waals surface area contributed by atoms with Crippen molar-refractivity contribution in [2.24, 2.45) is 35.5 Å². The van der Waals surface area contributed by atoms with E-state index in [0.29, 0.717) is 31.6 Å². The van der Waals surface area contributed by atoms with E-state index < -0.39 is 18.3 Å². The van der Waals surface area contributed by atoms with E-state index >= 15 is 0 Å². The molecule has 0 amide bonds. The minimum atomic E-state index is -0.598. The molecule has 9 heteroatoms. The average Bonchev–Trinajstić information content (AvgIpc) is 4.05. The molecule has 0 aromatic heterocycles. The summed E-state index contributed by atoms with van der Waals surface area (Å²) >= 11 is 0. The zero-order chi connectivity index (χ0) is 37.7. The van der Waals surface area contributed by atoms with Crippen LogP contribution in [0.5, 0.6) is 0 Å². The van der Waals surface area contributed by atoms with E-state index in [9.17, 15) is 19.2 Å². The molecule has 8 unspecified atom stereocenters. The molecule has 5 aliphatic rings. The largest absolute Gasteiger partial charge is 0.462 e. The van der Waals surface area contributed by atoms with E-state index in [1.54, 1.807) is 0 Å². The number of cyclic esters (lactones) is 2. The Morgan fingerprint density at radius 1 is 0.755 bits per heavy atom. The van der Waals surface area contributed by atoms with Crippen LogP contribution in [0.4, 0.5) is 0 Å². The van der Waals surface area contributed by atoms with Crippen molar-refractivity contribution in [1.29, 1.82) is 0 Å². The first-order chi connectivity index (χ1) is 25.7. The molecule has 2 aliphatic carbocycles. The molecule has 0 spiro atoms. The Hall–Kier alpha value is -3.46. The molecule has 9 nitrogen and oxygen atoms in total. The summed E-state index contributed by atoms with van der Waals surface area (Å²) in [5.74, 6) is -0.851. The molecule has 292 valence electrons. The quantitative estimate of drug-likeness (QED) is 0.0732. The number of hydrogen-bond donors (Lipinski definition) is 0. The maximum atomic E-state index is 12.9. The molecule has 12 atom stereocenters. The lowest BCUT2D eigenvalue weighted by Gasteiger charge is -2.34. The number of rotatable bonds is 19. The molecule has 0 N–H and O–H groups in total. The second-order valence-electron chi connectivity index (χ2n) is 15.5. The van der Waals surface area contributed by atoms with Gasteiger partial charge in [0.25, 0.3) is 0 Å². The predicted octanol–water partition coefficient (Wildman–Crippen LogP) is 8.47. The highest BCUT2D eigenvalue weighted by molar-refractivity contribution is 5.70. The van der Waals surface area contributed by atoms with Crippen molar-refractivity contribution < 1.29 is 42.9 Å². The summed E-state index contributed by atoms with van der Waals surface area (Å²) in [4.78, 5) is 49.9. The standard InChI is InChI=1S/C44H62O9/c1-5-7-9-11-13-15-19-36-32(26-25-31-27-33(31)37-21-17-23-40(47)51-37)42(44(53-36)39(49-29(3)45)20-16-14-12-10-8-6-2)43(50-30(4)46)35-28-34(35)38-22-18-24-41(48)52-38/h7-10,13-16,25-26,31-39,42-44H,5-6,11-12,17-24,27-28H2,1-4H3/b9-7-,10-8-,15-13-,16-14-,26-25+/t31-,32?,33-,34-,35-,36?,37?,38?,39?,42?,43?,44?/m1/s1. The third kappa shape index (κ3) is 12.0. The van der Waals surface area contributed by atoms with Gasteiger partial charge >= 0.3 is 23.9 Å². The van der Waals surface area contributed by atoms with Gasteiger partial charge in [-0.05, 0) is 76.5 Å². The van der Waals surface area contributed by atoms with Crippen LogP contribution in [0, 0.1) is 35.5 Å². The van der Waals surface area contributed by atoms with Crippen LogP contribution in [0.2, 0.25) is 0 Å². The highest BCUT2D eigenvalue weighted by Crippen LogP contribution is 2.55. The fourth-order valence-electron chi connectivity index (χ4n) is 8.77. The molecule has 0 aromatic rings. The first kappa shape index (κ1) is 40.7. The van der Waals surface area contributed by atoms with Crippen LogP contribution in [0.1, 0.15) is 118 Å². The molecule has 2 saturated carbocycles. The summed E-state index contributed by atoms with van der Waals surface area (Å²) in [6, 6.07) is 0. The summed E-state index contributed by atoms with van der Waals surface area (Å²) < 4.78 is 31.0. The molecule has 3 saturated heterocycles. The fraction of sp³-hybridized carbons (Fsp3) is 0.682. The number of carbonyl (C=O) groups excluding carboxylic acids is 4. The third-order valence-electron chi connectivity index (χ3n) is 11.4. The topological polar surface area (TPSA) is 114 Å².